The van der Waals surface area contributed by atoms with Crippen molar-refractivity contribution < 1.29 is 9.85 Å². The van der Waals surface area contributed by atoms with Gasteiger partial charge in [-0.2, -0.15) is 5.10 Å². The van der Waals surface area contributed by atoms with Crippen molar-refractivity contribution in [3.8, 4) is 0 Å². The first-order chi connectivity index (χ1) is 10.1. The molecular formula is C11H8N6O4. The lowest BCUT2D eigenvalue weighted by Crippen LogP contribution is -1.98. The highest BCUT2D eigenvalue weighted by Gasteiger charge is 2.06. The van der Waals surface area contributed by atoms with Gasteiger partial charge in [-0.3, -0.25) is 20.2 Å². The third kappa shape index (κ3) is 3.76. The Morgan fingerprint density at radius 2 is 1.76 bits per heavy atom. The van der Waals surface area contributed by atoms with E-state index in [2.05, 4.69) is 20.5 Å². The SMILES string of the molecule is O=[N+]([O-])c1cnc(NN=Cc2cccc([N+](=O)[O-])c2)nc1. The number of hydrogen-bond donors (Lipinski definition) is 1. The lowest BCUT2D eigenvalue weighted by molar-refractivity contribution is -0.385. The third-order valence-electron chi connectivity index (χ3n) is 2.31. The molecule has 0 aliphatic rings. The molecule has 10 nitrogen and oxygen atoms in total. The predicted octanol–water partition coefficient (Wildman–Crippen LogP) is 1.74. The molecule has 1 aromatic carbocycles. The smallest absolute Gasteiger partial charge is 0.258 e. The van der Waals surface area contributed by atoms with Crippen LogP contribution >= 0.6 is 0 Å². The zero-order valence-corrected chi connectivity index (χ0v) is 10.4. The lowest BCUT2D eigenvalue weighted by atomic mass is 10.2. The predicted molar refractivity (Wildman–Crippen MR) is 73.0 cm³/mol. The fourth-order valence-electron chi connectivity index (χ4n) is 1.36. The Kier molecular flexibility index (Phi) is 4.09. The summed E-state index contributed by atoms with van der Waals surface area (Å²) >= 11 is 0. The van der Waals surface area contributed by atoms with Gasteiger partial charge in [-0.25, -0.2) is 15.4 Å². The summed E-state index contributed by atoms with van der Waals surface area (Å²) in [6.45, 7) is 0. The number of non-ortho nitro benzene ring substituents is 1. The molecule has 0 amide bonds. The number of hydrazone groups is 1. The average molecular weight is 288 g/mol. The molecule has 0 spiro atoms. The van der Waals surface area contributed by atoms with Crippen LogP contribution < -0.4 is 5.43 Å². The van der Waals surface area contributed by atoms with Crippen LogP contribution in [0.2, 0.25) is 0 Å². The van der Waals surface area contributed by atoms with Crippen LogP contribution in [0.4, 0.5) is 17.3 Å². The molecule has 2 rings (SSSR count). The van der Waals surface area contributed by atoms with Crippen molar-refractivity contribution in [1.29, 1.82) is 0 Å². The molecule has 0 unspecified atom stereocenters. The number of benzene rings is 1. The summed E-state index contributed by atoms with van der Waals surface area (Å²) in [6.07, 6.45) is 3.42. The van der Waals surface area contributed by atoms with Gasteiger partial charge in [0.1, 0.15) is 12.4 Å². The summed E-state index contributed by atoms with van der Waals surface area (Å²) < 4.78 is 0. The fraction of sp³-hybridized carbons (Fsp3) is 0. The average Bonchev–Trinajstić information content (AvgIpc) is 2.48. The van der Waals surface area contributed by atoms with Crippen molar-refractivity contribution in [1.82, 2.24) is 9.97 Å². The number of nitro groups is 2. The van der Waals surface area contributed by atoms with Crippen LogP contribution in [-0.4, -0.2) is 26.0 Å². The van der Waals surface area contributed by atoms with Crippen molar-refractivity contribution in [2.24, 2.45) is 5.10 Å². The van der Waals surface area contributed by atoms with E-state index in [4.69, 9.17) is 0 Å². The Bertz CT molecular complexity index is 700. The summed E-state index contributed by atoms with van der Waals surface area (Å²) in [5.41, 5.74) is 2.69. The maximum atomic E-state index is 10.6. The number of nitrogens with one attached hydrogen (secondary N) is 1. The van der Waals surface area contributed by atoms with E-state index in [0.717, 1.165) is 12.4 Å². The summed E-state index contributed by atoms with van der Waals surface area (Å²) in [6, 6.07) is 5.88. The molecular weight excluding hydrogens is 280 g/mol. The number of anilines is 1. The number of nitrogens with zero attached hydrogens (tertiary/aromatic N) is 5. The number of aromatic nitrogens is 2. The first kappa shape index (κ1) is 14.0. The van der Waals surface area contributed by atoms with Gasteiger partial charge >= 0.3 is 5.69 Å². The van der Waals surface area contributed by atoms with Crippen LogP contribution in [0.3, 0.4) is 0 Å². The normalized spacial score (nSPS) is 10.5. The maximum absolute atomic E-state index is 10.6. The van der Waals surface area contributed by atoms with Gasteiger partial charge in [0.15, 0.2) is 0 Å². The van der Waals surface area contributed by atoms with Crippen LogP contribution in [-0.2, 0) is 0 Å². The standard InChI is InChI=1S/C11H8N6O4/c18-16(19)9-3-1-2-8(4-9)5-14-15-11-12-6-10(7-13-11)17(20)21/h1-7H,(H,12,13,15). The van der Waals surface area contributed by atoms with E-state index in [1.165, 1.54) is 24.4 Å². The highest BCUT2D eigenvalue weighted by atomic mass is 16.6. The summed E-state index contributed by atoms with van der Waals surface area (Å²) in [5, 5.41) is 24.8. The highest BCUT2D eigenvalue weighted by Crippen LogP contribution is 2.12. The van der Waals surface area contributed by atoms with Crippen LogP contribution in [0, 0.1) is 20.2 Å². The Morgan fingerprint density at radius 1 is 1.10 bits per heavy atom. The Hall–Kier alpha value is -3.43. The first-order valence-electron chi connectivity index (χ1n) is 5.56. The van der Waals surface area contributed by atoms with Crippen molar-refractivity contribution in [2.45, 2.75) is 0 Å². The minimum Gasteiger partial charge on any atom is -0.258 e. The van der Waals surface area contributed by atoms with E-state index in [1.807, 2.05) is 0 Å². The molecule has 1 N–H and O–H groups in total. The fourth-order valence-corrected chi connectivity index (χ4v) is 1.36. The van der Waals surface area contributed by atoms with Gasteiger partial charge in [0.2, 0.25) is 5.95 Å². The van der Waals surface area contributed by atoms with E-state index >= 15 is 0 Å². The van der Waals surface area contributed by atoms with E-state index < -0.39 is 9.85 Å². The molecule has 106 valence electrons. The second-order valence-electron chi connectivity index (χ2n) is 3.74. The molecule has 0 aliphatic carbocycles. The molecule has 0 radical (unpaired) electrons. The van der Waals surface area contributed by atoms with Gasteiger partial charge in [-0.15, -0.1) is 0 Å². The molecule has 0 bridgehead atoms. The third-order valence-corrected chi connectivity index (χ3v) is 2.31. The van der Waals surface area contributed by atoms with Gasteiger partial charge in [-0.05, 0) is 0 Å². The van der Waals surface area contributed by atoms with Gasteiger partial charge in [-0.1, -0.05) is 12.1 Å². The van der Waals surface area contributed by atoms with Crippen LogP contribution in [0.1, 0.15) is 5.56 Å². The van der Waals surface area contributed by atoms with E-state index in [9.17, 15) is 20.2 Å². The molecule has 0 fully saturated rings. The van der Waals surface area contributed by atoms with Crippen LogP contribution in [0.15, 0.2) is 41.8 Å². The Labute approximate surface area is 117 Å². The molecule has 10 heteroatoms. The zero-order valence-electron chi connectivity index (χ0n) is 10.4. The van der Waals surface area contributed by atoms with Gasteiger partial charge in [0.05, 0.1) is 16.1 Å². The number of hydrogen-bond acceptors (Lipinski definition) is 8. The summed E-state index contributed by atoms with van der Waals surface area (Å²) in [4.78, 5) is 27.3. The molecule has 0 atom stereocenters. The molecule has 0 saturated carbocycles. The first-order valence-corrected chi connectivity index (χ1v) is 5.56. The van der Waals surface area contributed by atoms with Crippen molar-refractivity contribution >= 4 is 23.5 Å². The van der Waals surface area contributed by atoms with E-state index in [-0.39, 0.29) is 17.3 Å². The zero-order chi connectivity index (χ0) is 15.2. The topological polar surface area (TPSA) is 136 Å². The molecule has 2 aromatic rings. The van der Waals surface area contributed by atoms with Crippen LogP contribution in [0.5, 0.6) is 0 Å². The molecule has 1 aromatic heterocycles. The largest absolute Gasteiger partial charge is 0.305 e. The summed E-state index contributed by atoms with van der Waals surface area (Å²) in [5.74, 6) is 0.0716. The molecule has 0 saturated heterocycles. The summed E-state index contributed by atoms with van der Waals surface area (Å²) in [7, 11) is 0. The van der Waals surface area contributed by atoms with E-state index in [0.29, 0.717) is 5.56 Å². The van der Waals surface area contributed by atoms with Gasteiger partial charge in [0, 0.05) is 17.7 Å². The number of nitro benzene ring substituents is 1. The second kappa shape index (κ2) is 6.14. The van der Waals surface area contributed by atoms with Gasteiger partial charge < -0.3 is 0 Å². The highest BCUT2D eigenvalue weighted by molar-refractivity contribution is 5.81. The minimum absolute atomic E-state index is 0.0504. The number of rotatable bonds is 5. The monoisotopic (exact) mass is 288 g/mol. The molecule has 21 heavy (non-hydrogen) atoms. The Morgan fingerprint density at radius 3 is 2.38 bits per heavy atom. The van der Waals surface area contributed by atoms with Crippen molar-refractivity contribution in [2.75, 3.05) is 5.43 Å². The molecule has 1 heterocycles. The van der Waals surface area contributed by atoms with Crippen molar-refractivity contribution in [3.63, 3.8) is 0 Å². The van der Waals surface area contributed by atoms with Crippen LogP contribution in [0.25, 0.3) is 0 Å². The van der Waals surface area contributed by atoms with Gasteiger partial charge in [0.25, 0.3) is 5.69 Å². The van der Waals surface area contributed by atoms with E-state index in [1.54, 1.807) is 6.07 Å². The second-order valence-corrected chi connectivity index (χ2v) is 3.74. The lowest BCUT2D eigenvalue weighted by Gasteiger charge is -1.97. The quantitative estimate of drug-likeness (QED) is 0.502. The molecule has 0 aliphatic heterocycles. The van der Waals surface area contributed by atoms with Crippen molar-refractivity contribution in [3.05, 3.63) is 62.5 Å². The Balaban J connectivity index is 2.03. The minimum atomic E-state index is -0.615. The maximum Gasteiger partial charge on any atom is 0.305 e.